The normalized spacial score (nSPS) is 20.8. The molecule has 3 atom stereocenters. The molecule has 2 unspecified atom stereocenters. The fourth-order valence-electron chi connectivity index (χ4n) is 5.19. The fourth-order valence-corrected chi connectivity index (χ4v) is 6.78. The number of carbonyl (C=O) groups excluding carboxylic acids is 5. The first kappa shape index (κ1) is 30.0. The zero-order valence-electron chi connectivity index (χ0n) is 22.9. The minimum Gasteiger partial charge on any atom is -0.451 e. The SMILES string of the molecule is CC(=O)C1=CS[C@@H]2N(C(=O)C2(NC(=O)Cc2ccccc2Cl)C(=O)NN)C1C(=O)OC(c1ccccc1)c1ccccc1. The Morgan fingerprint density at radius 2 is 1.56 bits per heavy atom. The molecule has 2 aliphatic rings. The topological polar surface area (TPSA) is 148 Å². The lowest BCUT2D eigenvalue weighted by Gasteiger charge is -2.57. The van der Waals surface area contributed by atoms with Crippen LogP contribution in [-0.4, -0.2) is 51.3 Å². The van der Waals surface area contributed by atoms with Crippen molar-refractivity contribution in [3.05, 3.63) is 118 Å². The van der Waals surface area contributed by atoms with Crippen molar-refractivity contribution in [1.82, 2.24) is 15.6 Å². The summed E-state index contributed by atoms with van der Waals surface area (Å²) in [4.78, 5) is 67.8. The maximum atomic E-state index is 13.9. The highest BCUT2D eigenvalue weighted by molar-refractivity contribution is 8.03. The first-order valence-corrected chi connectivity index (χ1v) is 14.6. The minimum absolute atomic E-state index is 0.0172. The van der Waals surface area contributed by atoms with Crippen molar-refractivity contribution in [2.75, 3.05) is 0 Å². The zero-order chi connectivity index (χ0) is 30.7. The highest BCUT2D eigenvalue weighted by Crippen LogP contribution is 2.47. The summed E-state index contributed by atoms with van der Waals surface area (Å²) < 4.78 is 6.01. The molecule has 0 aliphatic carbocycles. The van der Waals surface area contributed by atoms with Crippen LogP contribution in [0.4, 0.5) is 0 Å². The van der Waals surface area contributed by atoms with E-state index in [1.54, 1.807) is 72.8 Å². The van der Waals surface area contributed by atoms with Crippen molar-refractivity contribution in [2.24, 2.45) is 5.84 Å². The molecule has 0 saturated carbocycles. The summed E-state index contributed by atoms with van der Waals surface area (Å²) in [5.41, 5.74) is 1.67. The van der Waals surface area contributed by atoms with Crippen molar-refractivity contribution in [1.29, 1.82) is 0 Å². The number of β-lactam (4-membered cyclic amide) rings is 1. The predicted molar refractivity (Wildman–Crippen MR) is 160 cm³/mol. The molecule has 2 heterocycles. The molecule has 5 rings (SSSR count). The first-order valence-electron chi connectivity index (χ1n) is 13.2. The van der Waals surface area contributed by atoms with Gasteiger partial charge >= 0.3 is 5.97 Å². The number of halogens is 1. The molecule has 0 spiro atoms. The van der Waals surface area contributed by atoms with E-state index in [0.29, 0.717) is 21.7 Å². The molecule has 4 N–H and O–H groups in total. The highest BCUT2D eigenvalue weighted by atomic mass is 35.5. The Kier molecular flexibility index (Phi) is 8.67. The number of nitrogens with one attached hydrogen (secondary N) is 2. The van der Waals surface area contributed by atoms with Crippen LogP contribution >= 0.6 is 23.4 Å². The van der Waals surface area contributed by atoms with Crippen molar-refractivity contribution in [3.8, 4) is 0 Å². The summed E-state index contributed by atoms with van der Waals surface area (Å²) in [5, 5.41) is 3.19. The predicted octanol–water partition coefficient (Wildman–Crippen LogP) is 2.82. The summed E-state index contributed by atoms with van der Waals surface area (Å²) >= 11 is 7.14. The first-order chi connectivity index (χ1) is 20.7. The van der Waals surface area contributed by atoms with Crippen molar-refractivity contribution >= 4 is 52.8 Å². The average molecular weight is 619 g/mol. The molecule has 3 aromatic carbocycles. The van der Waals surface area contributed by atoms with Crippen molar-refractivity contribution in [3.63, 3.8) is 0 Å². The monoisotopic (exact) mass is 618 g/mol. The second-order valence-electron chi connectivity index (χ2n) is 9.97. The third-order valence-corrected chi connectivity index (χ3v) is 8.89. The van der Waals surface area contributed by atoms with Crippen LogP contribution in [0.2, 0.25) is 5.02 Å². The lowest BCUT2D eigenvalue weighted by atomic mass is 9.83. The van der Waals surface area contributed by atoms with E-state index >= 15 is 0 Å². The van der Waals surface area contributed by atoms with Crippen LogP contribution < -0.4 is 16.6 Å². The molecule has 10 nitrogen and oxygen atoms in total. The number of nitrogens with two attached hydrogens (primary N) is 1. The maximum absolute atomic E-state index is 13.9. The van der Waals surface area contributed by atoms with Gasteiger partial charge < -0.3 is 15.0 Å². The van der Waals surface area contributed by atoms with Crippen LogP contribution in [0, 0.1) is 0 Å². The lowest BCUT2D eigenvalue weighted by Crippen LogP contribution is -2.86. The minimum atomic E-state index is -2.15. The van der Waals surface area contributed by atoms with Crippen LogP contribution in [-0.2, 0) is 35.1 Å². The summed E-state index contributed by atoms with van der Waals surface area (Å²) in [6.45, 7) is 1.27. The smallest absolute Gasteiger partial charge is 0.334 e. The van der Waals surface area contributed by atoms with E-state index in [1.165, 1.54) is 12.3 Å². The summed E-state index contributed by atoms with van der Waals surface area (Å²) in [6, 6.07) is 23.3. The van der Waals surface area contributed by atoms with Gasteiger partial charge in [0.15, 0.2) is 17.9 Å². The number of hydrogen-bond donors (Lipinski definition) is 3. The van der Waals surface area contributed by atoms with Gasteiger partial charge in [0.1, 0.15) is 5.37 Å². The number of hydrazine groups is 1. The molecular weight excluding hydrogens is 592 g/mol. The van der Waals surface area contributed by atoms with Crippen LogP contribution in [0.3, 0.4) is 0 Å². The number of fused-ring (bicyclic) bond motifs is 1. The standard InChI is InChI=1S/C31H27ClN4O6S/c1-18(37)22-17-43-30-31(28(40)35-33,34-24(38)16-21-14-8-9-15-23(21)32)29(41)36(30)25(22)27(39)42-26(19-10-4-2-5-11-19)20-12-6-3-7-13-20/h2-15,17,25-26,30H,16,33H2,1H3,(H,34,38)(H,35,40)/t25?,30-,31?/m0/s1. The molecule has 2 aliphatic heterocycles. The van der Waals surface area contributed by atoms with Gasteiger partial charge in [0, 0.05) is 10.6 Å². The van der Waals surface area contributed by atoms with Crippen molar-refractivity contribution < 1.29 is 28.7 Å². The second kappa shape index (κ2) is 12.4. The van der Waals surface area contributed by atoms with Gasteiger partial charge in [-0.1, -0.05) is 90.5 Å². The third-order valence-electron chi connectivity index (χ3n) is 7.29. The number of thioether (sulfide) groups is 1. The van der Waals surface area contributed by atoms with E-state index in [2.05, 4.69) is 5.32 Å². The molecule has 43 heavy (non-hydrogen) atoms. The van der Waals surface area contributed by atoms with Gasteiger partial charge in [-0.3, -0.25) is 24.6 Å². The van der Waals surface area contributed by atoms with Gasteiger partial charge in [-0.15, -0.1) is 11.8 Å². The number of ketones is 1. The van der Waals surface area contributed by atoms with E-state index in [4.69, 9.17) is 22.2 Å². The molecule has 220 valence electrons. The largest absolute Gasteiger partial charge is 0.451 e. The Labute approximate surface area is 256 Å². The average Bonchev–Trinajstić information content (AvgIpc) is 3.02. The van der Waals surface area contributed by atoms with Crippen LogP contribution in [0.25, 0.3) is 0 Å². The number of ether oxygens (including phenoxy) is 1. The number of amides is 3. The highest BCUT2D eigenvalue weighted by Gasteiger charge is 2.71. The van der Waals surface area contributed by atoms with Crippen LogP contribution in [0.15, 0.2) is 95.9 Å². The quantitative estimate of drug-likeness (QED) is 0.0828. The number of hydrogen-bond acceptors (Lipinski definition) is 8. The van der Waals surface area contributed by atoms with Gasteiger partial charge in [0.05, 0.1) is 6.42 Å². The van der Waals surface area contributed by atoms with Crippen LogP contribution in [0.1, 0.15) is 29.7 Å². The Bertz CT molecular complexity index is 1580. The molecule has 3 aromatic rings. The van der Waals surface area contributed by atoms with Gasteiger partial charge in [-0.2, -0.15) is 0 Å². The van der Waals surface area contributed by atoms with E-state index in [0.717, 1.165) is 16.7 Å². The summed E-state index contributed by atoms with van der Waals surface area (Å²) in [6.07, 6.45) is -1.07. The van der Waals surface area contributed by atoms with Gasteiger partial charge in [-0.05, 0) is 35.1 Å². The second-order valence-corrected chi connectivity index (χ2v) is 11.3. The van der Waals surface area contributed by atoms with Crippen LogP contribution in [0.5, 0.6) is 0 Å². The number of Topliss-reactive ketones (excluding diaryl/α,β-unsaturated/α-hetero) is 1. The molecular formula is C31H27ClN4O6S. The molecule has 0 aromatic heterocycles. The number of carbonyl (C=O) groups is 5. The Hall–Kier alpha value is -4.45. The van der Waals surface area contributed by atoms with Gasteiger partial charge in [0.25, 0.3) is 11.8 Å². The maximum Gasteiger partial charge on any atom is 0.334 e. The number of nitrogens with zero attached hydrogens (tertiary/aromatic N) is 1. The van der Waals surface area contributed by atoms with E-state index in [1.807, 2.05) is 17.6 Å². The van der Waals surface area contributed by atoms with E-state index in [9.17, 15) is 24.0 Å². The summed E-state index contributed by atoms with van der Waals surface area (Å²) in [5.74, 6) is 1.57. The Morgan fingerprint density at radius 3 is 2.12 bits per heavy atom. The van der Waals surface area contributed by atoms with Gasteiger partial charge in [0.2, 0.25) is 11.4 Å². The van der Waals surface area contributed by atoms with E-state index in [-0.39, 0.29) is 12.0 Å². The molecule has 1 fully saturated rings. The molecule has 3 amide bonds. The van der Waals surface area contributed by atoms with Crippen molar-refractivity contribution in [2.45, 2.75) is 36.4 Å². The Balaban J connectivity index is 1.47. The van der Waals surface area contributed by atoms with E-state index < -0.39 is 52.5 Å². The number of rotatable bonds is 9. The molecule has 0 bridgehead atoms. The molecule has 12 heteroatoms. The Morgan fingerprint density at radius 1 is 0.977 bits per heavy atom. The zero-order valence-corrected chi connectivity index (χ0v) is 24.4. The number of benzene rings is 3. The van der Waals surface area contributed by atoms with Gasteiger partial charge in [-0.25, -0.2) is 10.6 Å². The summed E-state index contributed by atoms with van der Waals surface area (Å²) in [7, 11) is 0. The third kappa shape index (κ3) is 5.54. The molecule has 1 saturated heterocycles. The number of esters is 1. The lowest BCUT2D eigenvalue weighted by molar-refractivity contribution is -0.176. The fraction of sp³-hybridized carbons (Fsp3) is 0.194. The molecule has 0 radical (unpaired) electrons.